The fraction of sp³-hybridized carbons (Fsp3) is 0.714. The minimum atomic E-state index is -3.52. The van der Waals surface area contributed by atoms with Gasteiger partial charge in [0.2, 0.25) is 10.0 Å². The van der Waals surface area contributed by atoms with Crippen LogP contribution in [0, 0.1) is 0 Å². The molecule has 1 aromatic rings. The van der Waals surface area contributed by atoms with Crippen LogP contribution in [0.5, 0.6) is 0 Å². The first kappa shape index (κ1) is 18.2. The van der Waals surface area contributed by atoms with Crippen LogP contribution in [-0.4, -0.2) is 38.8 Å². The topological polar surface area (TPSA) is 72.4 Å². The number of nitrogens with one attached hydrogen (secondary N) is 2. The number of rotatable bonds is 9. The number of nitrogens with zero attached hydrogens (tertiary/aromatic N) is 1. The Labute approximate surface area is 127 Å². The predicted octanol–water partition coefficient (Wildman–Crippen LogP) is 1.32. The largest absolute Gasteiger partial charge is 0.377 e. The first-order valence-electron chi connectivity index (χ1n) is 7.20. The van der Waals surface area contributed by atoms with E-state index in [1.165, 1.54) is 0 Å². The summed E-state index contributed by atoms with van der Waals surface area (Å²) in [6, 6.07) is 1.72. The van der Waals surface area contributed by atoms with Gasteiger partial charge in [-0.05, 0) is 33.4 Å². The Balaban J connectivity index is 2.90. The van der Waals surface area contributed by atoms with Crippen LogP contribution >= 0.6 is 0 Å². The van der Waals surface area contributed by atoms with E-state index in [9.17, 15) is 8.42 Å². The Hall–Kier alpha value is -0.890. The lowest BCUT2D eigenvalue weighted by molar-refractivity contribution is 0.0276. The Morgan fingerprint density at radius 1 is 1.33 bits per heavy atom. The van der Waals surface area contributed by atoms with E-state index in [4.69, 9.17) is 4.74 Å². The fourth-order valence-electron chi connectivity index (χ4n) is 1.79. The van der Waals surface area contributed by atoms with Gasteiger partial charge in [0, 0.05) is 38.6 Å². The number of aromatic nitrogens is 1. The molecule has 0 radical (unpaired) electrons. The molecule has 7 heteroatoms. The van der Waals surface area contributed by atoms with Crippen molar-refractivity contribution in [1.29, 1.82) is 0 Å². The van der Waals surface area contributed by atoms with Gasteiger partial charge in [0.15, 0.2) is 0 Å². The van der Waals surface area contributed by atoms with Crippen molar-refractivity contribution in [1.82, 2.24) is 14.6 Å². The Morgan fingerprint density at radius 2 is 2.00 bits per heavy atom. The van der Waals surface area contributed by atoms with Crippen LogP contribution in [0.4, 0.5) is 0 Å². The summed E-state index contributed by atoms with van der Waals surface area (Å²) in [5.74, 6) is 0. The summed E-state index contributed by atoms with van der Waals surface area (Å²) in [7, 11) is -1.95. The summed E-state index contributed by atoms with van der Waals surface area (Å²) in [6.45, 7) is 10.2. The number of ether oxygens (including phenoxy) is 1. The van der Waals surface area contributed by atoms with E-state index in [0.717, 1.165) is 18.8 Å². The van der Waals surface area contributed by atoms with Crippen LogP contribution in [0.1, 0.15) is 33.4 Å². The van der Waals surface area contributed by atoms with Gasteiger partial charge in [0.1, 0.15) is 0 Å². The first-order valence-corrected chi connectivity index (χ1v) is 8.68. The van der Waals surface area contributed by atoms with Crippen molar-refractivity contribution in [2.75, 3.05) is 20.2 Å². The molecule has 1 heterocycles. The van der Waals surface area contributed by atoms with E-state index >= 15 is 0 Å². The highest BCUT2D eigenvalue weighted by Gasteiger charge is 2.23. The highest BCUT2D eigenvalue weighted by Crippen LogP contribution is 2.16. The van der Waals surface area contributed by atoms with Gasteiger partial charge >= 0.3 is 0 Å². The van der Waals surface area contributed by atoms with Crippen LogP contribution in [0.2, 0.25) is 0 Å². The molecule has 0 unspecified atom stereocenters. The molecule has 1 aromatic heterocycles. The lowest BCUT2D eigenvalue weighted by Gasteiger charge is -2.22. The maximum absolute atomic E-state index is 12.3. The van der Waals surface area contributed by atoms with Crippen molar-refractivity contribution in [2.24, 2.45) is 0 Å². The van der Waals surface area contributed by atoms with E-state index in [2.05, 4.69) is 10.0 Å². The third-order valence-electron chi connectivity index (χ3n) is 3.41. The van der Waals surface area contributed by atoms with Crippen LogP contribution in [-0.2, 0) is 27.8 Å². The molecule has 0 aromatic carbocycles. The quantitative estimate of drug-likeness (QED) is 0.720. The smallest absolute Gasteiger partial charge is 0.242 e. The second-order valence-corrected chi connectivity index (χ2v) is 7.29. The van der Waals surface area contributed by atoms with Gasteiger partial charge in [-0.2, -0.15) is 0 Å². The van der Waals surface area contributed by atoms with Gasteiger partial charge in [-0.1, -0.05) is 6.92 Å². The molecule has 2 N–H and O–H groups in total. The van der Waals surface area contributed by atoms with Gasteiger partial charge in [0.25, 0.3) is 0 Å². The third kappa shape index (κ3) is 5.10. The average molecular weight is 317 g/mol. The third-order valence-corrected chi connectivity index (χ3v) is 4.78. The molecule has 0 aliphatic carbocycles. The number of sulfonamides is 1. The lowest BCUT2D eigenvalue weighted by Crippen LogP contribution is -2.39. The Bertz CT molecular complexity index is 550. The van der Waals surface area contributed by atoms with Crippen LogP contribution in [0.3, 0.4) is 0 Å². The molecule has 0 spiro atoms. The molecule has 0 fully saturated rings. The van der Waals surface area contributed by atoms with Crippen LogP contribution in [0.15, 0.2) is 17.2 Å². The summed E-state index contributed by atoms with van der Waals surface area (Å²) in [5.41, 5.74) is 0.429. The number of hydrogen-bond acceptors (Lipinski definition) is 4. The van der Waals surface area contributed by atoms with Crippen molar-refractivity contribution < 1.29 is 13.2 Å². The van der Waals surface area contributed by atoms with E-state index in [-0.39, 0.29) is 6.54 Å². The van der Waals surface area contributed by atoms with Crippen molar-refractivity contribution >= 4 is 10.0 Å². The van der Waals surface area contributed by atoms with Crippen molar-refractivity contribution in [2.45, 2.75) is 51.3 Å². The SMILES string of the molecule is CCNCc1cc(S(=O)(=O)NCC(C)(C)OC)cn1CC. The normalized spacial score (nSPS) is 12.8. The molecule has 0 saturated carbocycles. The summed E-state index contributed by atoms with van der Waals surface area (Å²) < 4.78 is 34.5. The van der Waals surface area contributed by atoms with Gasteiger partial charge in [0.05, 0.1) is 10.5 Å². The zero-order valence-corrected chi connectivity index (χ0v) is 14.4. The molecule has 21 heavy (non-hydrogen) atoms. The standard InChI is InChI=1S/C14H27N3O3S/c1-6-15-9-12-8-13(10-17(12)7-2)21(18,19)16-11-14(3,4)20-5/h8,10,15-16H,6-7,9,11H2,1-5H3. The van der Waals surface area contributed by atoms with Crippen LogP contribution in [0.25, 0.3) is 0 Å². The minimum absolute atomic E-state index is 0.228. The van der Waals surface area contributed by atoms with E-state index < -0.39 is 15.6 Å². The van der Waals surface area contributed by atoms with Gasteiger partial charge in [-0.15, -0.1) is 0 Å². The predicted molar refractivity (Wildman–Crippen MR) is 83.8 cm³/mol. The second kappa shape index (κ2) is 7.40. The van der Waals surface area contributed by atoms with E-state index in [1.807, 2.05) is 32.3 Å². The molecule has 0 aliphatic rings. The van der Waals surface area contributed by atoms with Crippen molar-refractivity contribution in [3.63, 3.8) is 0 Å². The highest BCUT2D eigenvalue weighted by molar-refractivity contribution is 7.89. The molecule has 1 rings (SSSR count). The molecular weight excluding hydrogens is 290 g/mol. The molecule has 122 valence electrons. The molecular formula is C14H27N3O3S. The zero-order valence-electron chi connectivity index (χ0n) is 13.6. The second-order valence-electron chi connectivity index (χ2n) is 5.52. The summed E-state index contributed by atoms with van der Waals surface area (Å²) >= 11 is 0. The number of aryl methyl sites for hydroxylation is 1. The van der Waals surface area contributed by atoms with Crippen molar-refractivity contribution in [3.8, 4) is 0 Å². The maximum atomic E-state index is 12.3. The van der Waals surface area contributed by atoms with Gasteiger partial charge in [-0.3, -0.25) is 0 Å². The summed E-state index contributed by atoms with van der Waals surface area (Å²) in [4.78, 5) is 0.296. The monoisotopic (exact) mass is 317 g/mol. The molecule has 0 saturated heterocycles. The first-order chi connectivity index (χ1) is 9.75. The van der Waals surface area contributed by atoms with Gasteiger partial charge < -0.3 is 14.6 Å². The Kier molecular flexibility index (Phi) is 6.40. The highest BCUT2D eigenvalue weighted by atomic mass is 32.2. The molecule has 0 amide bonds. The van der Waals surface area contributed by atoms with Crippen LogP contribution < -0.4 is 10.0 Å². The molecule has 0 aliphatic heterocycles. The minimum Gasteiger partial charge on any atom is -0.377 e. The van der Waals surface area contributed by atoms with Crippen molar-refractivity contribution in [3.05, 3.63) is 18.0 Å². The fourth-order valence-corrected chi connectivity index (χ4v) is 3.05. The number of hydrogen-bond donors (Lipinski definition) is 2. The maximum Gasteiger partial charge on any atom is 0.242 e. The molecule has 0 bridgehead atoms. The molecule has 6 nitrogen and oxygen atoms in total. The zero-order chi connectivity index (χ0) is 16.1. The Morgan fingerprint density at radius 3 is 2.52 bits per heavy atom. The van der Waals surface area contributed by atoms with E-state index in [0.29, 0.717) is 11.4 Å². The molecule has 0 atom stereocenters. The summed E-state index contributed by atoms with van der Waals surface area (Å²) in [6.07, 6.45) is 1.68. The van der Waals surface area contributed by atoms with Gasteiger partial charge in [-0.25, -0.2) is 13.1 Å². The summed E-state index contributed by atoms with van der Waals surface area (Å²) in [5, 5.41) is 3.21. The average Bonchev–Trinajstić information content (AvgIpc) is 2.87. The number of methoxy groups -OCH3 is 1. The van der Waals surface area contributed by atoms with E-state index in [1.54, 1.807) is 19.4 Å². The lowest BCUT2D eigenvalue weighted by atomic mass is 10.1.